The number of benzene rings is 1. The van der Waals surface area contributed by atoms with E-state index in [2.05, 4.69) is 27.7 Å². The fraction of sp³-hybridized carbons (Fsp3) is 0.462. The zero-order valence-corrected chi connectivity index (χ0v) is 13.0. The molecule has 1 aromatic rings. The Morgan fingerprint density at radius 1 is 1.16 bits per heavy atom. The summed E-state index contributed by atoms with van der Waals surface area (Å²) in [5.74, 6) is 0.0980. The van der Waals surface area contributed by atoms with E-state index in [0.717, 1.165) is 18.8 Å². The van der Waals surface area contributed by atoms with E-state index >= 15 is 0 Å². The average molecular weight is 308 g/mol. The average Bonchev–Trinajstić information content (AvgIpc) is 2.37. The molecular formula is C13H23Cl2N3O. The molecule has 0 radical (unpaired) electrons. The van der Waals surface area contributed by atoms with E-state index in [1.165, 1.54) is 0 Å². The van der Waals surface area contributed by atoms with Gasteiger partial charge in [-0.15, -0.1) is 24.8 Å². The summed E-state index contributed by atoms with van der Waals surface area (Å²) in [4.78, 5) is 13.5. The predicted octanol–water partition coefficient (Wildman–Crippen LogP) is 1.69. The summed E-state index contributed by atoms with van der Waals surface area (Å²) in [6.45, 7) is 2.21. The molecule has 0 aromatic heterocycles. The van der Waals surface area contributed by atoms with Gasteiger partial charge in [-0.25, -0.2) is 0 Å². The number of carbonyl (C=O) groups excluding carboxylic acids is 1. The van der Waals surface area contributed by atoms with Crippen LogP contribution < -0.4 is 15.5 Å². The number of nitrogens with zero attached hydrogens (tertiary/aromatic N) is 1. The SMILES string of the molecule is CNCCC(=O)NCCN(C)c1ccccc1.Cl.Cl. The van der Waals surface area contributed by atoms with Gasteiger partial charge in [-0.2, -0.15) is 0 Å². The van der Waals surface area contributed by atoms with Gasteiger partial charge in [-0.1, -0.05) is 18.2 Å². The van der Waals surface area contributed by atoms with Gasteiger partial charge in [0.2, 0.25) is 5.91 Å². The Morgan fingerprint density at radius 2 is 1.79 bits per heavy atom. The molecule has 110 valence electrons. The lowest BCUT2D eigenvalue weighted by Crippen LogP contribution is -2.34. The summed E-state index contributed by atoms with van der Waals surface area (Å²) >= 11 is 0. The predicted molar refractivity (Wildman–Crippen MR) is 85.8 cm³/mol. The van der Waals surface area contributed by atoms with Crippen LogP contribution in [-0.2, 0) is 4.79 Å². The number of hydrogen-bond acceptors (Lipinski definition) is 3. The van der Waals surface area contributed by atoms with Gasteiger partial charge in [0.15, 0.2) is 0 Å². The van der Waals surface area contributed by atoms with E-state index in [-0.39, 0.29) is 30.7 Å². The Hall–Kier alpha value is -0.970. The fourth-order valence-corrected chi connectivity index (χ4v) is 1.50. The van der Waals surface area contributed by atoms with Crippen LogP contribution >= 0.6 is 24.8 Å². The van der Waals surface area contributed by atoms with Gasteiger partial charge in [0.1, 0.15) is 0 Å². The zero-order valence-electron chi connectivity index (χ0n) is 11.4. The number of halogens is 2. The third-order valence-electron chi connectivity index (χ3n) is 2.57. The molecule has 1 amide bonds. The van der Waals surface area contributed by atoms with Crippen LogP contribution in [0.4, 0.5) is 5.69 Å². The Bertz CT molecular complexity index is 336. The van der Waals surface area contributed by atoms with Crippen molar-refractivity contribution in [3.05, 3.63) is 30.3 Å². The lowest BCUT2D eigenvalue weighted by Gasteiger charge is -2.19. The summed E-state index contributed by atoms with van der Waals surface area (Å²) in [6, 6.07) is 10.1. The molecule has 2 N–H and O–H groups in total. The topological polar surface area (TPSA) is 44.4 Å². The van der Waals surface area contributed by atoms with Crippen LogP contribution in [0.2, 0.25) is 0 Å². The third-order valence-corrected chi connectivity index (χ3v) is 2.57. The second-order valence-electron chi connectivity index (χ2n) is 3.96. The van der Waals surface area contributed by atoms with Gasteiger partial charge in [-0.3, -0.25) is 4.79 Å². The molecule has 0 aliphatic carbocycles. The highest BCUT2D eigenvalue weighted by molar-refractivity contribution is 5.85. The van der Waals surface area contributed by atoms with E-state index in [1.807, 2.05) is 32.3 Å². The van der Waals surface area contributed by atoms with Crippen molar-refractivity contribution in [3.8, 4) is 0 Å². The molecule has 0 spiro atoms. The summed E-state index contributed by atoms with van der Waals surface area (Å²) in [6.07, 6.45) is 0.533. The lowest BCUT2D eigenvalue weighted by atomic mass is 10.3. The van der Waals surface area contributed by atoms with E-state index in [9.17, 15) is 4.79 Å². The minimum atomic E-state index is 0. The highest BCUT2D eigenvalue weighted by Gasteiger charge is 2.02. The van der Waals surface area contributed by atoms with Crippen LogP contribution in [0.5, 0.6) is 0 Å². The minimum absolute atomic E-state index is 0. The number of para-hydroxylation sites is 1. The first kappa shape index (κ1) is 20.3. The maximum absolute atomic E-state index is 11.4. The summed E-state index contributed by atoms with van der Waals surface area (Å²) < 4.78 is 0. The molecule has 19 heavy (non-hydrogen) atoms. The van der Waals surface area contributed by atoms with Crippen LogP contribution in [-0.4, -0.2) is 39.6 Å². The van der Waals surface area contributed by atoms with Crippen LogP contribution in [0.1, 0.15) is 6.42 Å². The van der Waals surface area contributed by atoms with Crippen LogP contribution in [0, 0.1) is 0 Å². The fourth-order valence-electron chi connectivity index (χ4n) is 1.50. The number of amides is 1. The van der Waals surface area contributed by atoms with Gasteiger partial charge >= 0.3 is 0 Å². The van der Waals surface area contributed by atoms with Crippen molar-refractivity contribution in [2.24, 2.45) is 0 Å². The van der Waals surface area contributed by atoms with Gasteiger partial charge in [0, 0.05) is 38.8 Å². The highest BCUT2D eigenvalue weighted by Crippen LogP contribution is 2.09. The first-order chi connectivity index (χ1) is 8.24. The number of hydrogen-bond donors (Lipinski definition) is 2. The minimum Gasteiger partial charge on any atom is -0.373 e. The molecule has 0 unspecified atom stereocenters. The molecule has 4 nitrogen and oxygen atoms in total. The van der Waals surface area contributed by atoms with Crippen LogP contribution in [0.3, 0.4) is 0 Å². The van der Waals surface area contributed by atoms with Gasteiger partial charge in [-0.05, 0) is 19.2 Å². The van der Waals surface area contributed by atoms with E-state index in [4.69, 9.17) is 0 Å². The second-order valence-corrected chi connectivity index (χ2v) is 3.96. The lowest BCUT2D eigenvalue weighted by molar-refractivity contribution is -0.120. The number of nitrogens with one attached hydrogen (secondary N) is 2. The Labute approximate surface area is 127 Å². The maximum Gasteiger partial charge on any atom is 0.221 e. The molecule has 0 bridgehead atoms. The number of anilines is 1. The molecule has 0 fully saturated rings. The monoisotopic (exact) mass is 307 g/mol. The Balaban J connectivity index is 0. The third kappa shape index (κ3) is 8.70. The highest BCUT2D eigenvalue weighted by atomic mass is 35.5. The molecule has 0 aliphatic rings. The van der Waals surface area contributed by atoms with E-state index in [1.54, 1.807) is 0 Å². The Morgan fingerprint density at radius 3 is 2.37 bits per heavy atom. The normalized spacial score (nSPS) is 8.95. The van der Waals surface area contributed by atoms with Crippen molar-refractivity contribution in [3.63, 3.8) is 0 Å². The van der Waals surface area contributed by atoms with Crippen LogP contribution in [0.15, 0.2) is 30.3 Å². The summed E-state index contributed by atoms with van der Waals surface area (Å²) in [5, 5.41) is 5.85. The first-order valence-corrected chi connectivity index (χ1v) is 5.91. The van der Waals surface area contributed by atoms with Crippen molar-refractivity contribution in [1.82, 2.24) is 10.6 Å². The van der Waals surface area contributed by atoms with Crippen molar-refractivity contribution in [2.45, 2.75) is 6.42 Å². The van der Waals surface area contributed by atoms with Gasteiger partial charge < -0.3 is 15.5 Å². The van der Waals surface area contributed by atoms with Crippen molar-refractivity contribution >= 4 is 36.4 Å². The maximum atomic E-state index is 11.4. The number of likely N-dealkylation sites (N-methyl/N-ethyl adjacent to an activating group) is 1. The molecule has 0 atom stereocenters. The van der Waals surface area contributed by atoms with E-state index in [0.29, 0.717) is 13.0 Å². The molecule has 6 heteroatoms. The molecule has 1 rings (SSSR count). The molecule has 0 saturated carbocycles. The van der Waals surface area contributed by atoms with Crippen molar-refractivity contribution < 1.29 is 4.79 Å². The molecule has 1 aromatic carbocycles. The van der Waals surface area contributed by atoms with Crippen LogP contribution in [0.25, 0.3) is 0 Å². The number of carbonyl (C=O) groups is 1. The molecule has 0 aliphatic heterocycles. The van der Waals surface area contributed by atoms with Crippen molar-refractivity contribution in [2.75, 3.05) is 38.6 Å². The van der Waals surface area contributed by atoms with E-state index < -0.39 is 0 Å². The van der Waals surface area contributed by atoms with Gasteiger partial charge in [0.05, 0.1) is 0 Å². The Kier molecular flexibility index (Phi) is 12.9. The van der Waals surface area contributed by atoms with Gasteiger partial charge in [0.25, 0.3) is 0 Å². The number of rotatable bonds is 7. The standard InChI is InChI=1S/C13H21N3O.2ClH/c1-14-9-8-13(17)15-10-11-16(2)12-6-4-3-5-7-12;;/h3-7,14H,8-11H2,1-2H3,(H,15,17);2*1H. The largest absolute Gasteiger partial charge is 0.373 e. The van der Waals surface area contributed by atoms with Crippen molar-refractivity contribution in [1.29, 1.82) is 0 Å². The smallest absolute Gasteiger partial charge is 0.221 e. The molecule has 0 heterocycles. The summed E-state index contributed by atoms with van der Waals surface area (Å²) in [7, 11) is 3.87. The zero-order chi connectivity index (χ0) is 12.5. The molecule has 0 saturated heterocycles. The molecular weight excluding hydrogens is 285 g/mol. The second kappa shape index (κ2) is 12.1. The quantitative estimate of drug-likeness (QED) is 0.806. The summed E-state index contributed by atoms with van der Waals surface area (Å²) in [5.41, 5.74) is 1.16. The first-order valence-electron chi connectivity index (χ1n) is 5.91.